The Morgan fingerprint density at radius 3 is 2.44 bits per heavy atom. The van der Waals surface area contributed by atoms with E-state index in [1.54, 1.807) is 20.8 Å². The summed E-state index contributed by atoms with van der Waals surface area (Å²) in [5, 5.41) is 2.14. The van der Waals surface area contributed by atoms with Gasteiger partial charge in [-0.05, 0) is 33.1 Å². The van der Waals surface area contributed by atoms with Gasteiger partial charge in [-0.15, -0.1) is 0 Å². The predicted molar refractivity (Wildman–Crippen MR) is 59.7 cm³/mol. The average Bonchev–Trinajstić information content (AvgIpc) is 2.83. The topological polar surface area (TPSA) is 81.4 Å². The Bertz CT molecular complexity index is 279. The molecule has 5 nitrogen and oxygen atoms in total. The van der Waals surface area contributed by atoms with Crippen molar-refractivity contribution in [2.75, 3.05) is 0 Å². The van der Waals surface area contributed by atoms with Crippen LogP contribution < -0.4 is 11.1 Å². The Hall–Kier alpha value is -1.10. The van der Waals surface area contributed by atoms with E-state index >= 15 is 0 Å². The lowest BCUT2D eigenvalue weighted by Gasteiger charge is -2.20. The van der Waals surface area contributed by atoms with Crippen molar-refractivity contribution in [3.05, 3.63) is 0 Å². The minimum Gasteiger partial charge on any atom is -0.444 e. The maximum Gasteiger partial charge on any atom is 0.414 e. The molecule has 0 aliphatic heterocycles. The van der Waals surface area contributed by atoms with Crippen LogP contribution >= 0.6 is 0 Å². The molecule has 0 saturated heterocycles. The van der Waals surface area contributed by atoms with E-state index < -0.39 is 23.6 Å². The molecule has 0 aromatic heterocycles. The van der Waals surface area contributed by atoms with Crippen molar-refractivity contribution in [2.24, 2.45) is 11.7 Å². The van der Waals surface area contributed by atoms with Crippen molar-refractivity contribution in [3.8, 4) is 0 Å². The molecule has 0 aromatic rings. The van der Waals surface area contributed by atoms with E-state index in [2.05, 4.69) is 5.32 Å². The molecular weight excluding hydrogens is 208 g/mol. The third-order valence-electron chi connectivity index (χ3n) is 2.25. The highest BCUT2D eigenvalue weighted by molar-refractivity contribution is 5.94. The smallest absolute Gasteiger partial charge is 0.414 e. The van der Waals surface area contributed by atoms with Gasteiger partial charge in [0.25, 0.3) is 0 Å². The molecule has 2 amide bonds. The van der Waals surface area contributed by atoms with Gasteiger partial charge < -0.3 is 10.5 Å². The number of ether oxygens (including phenoxy) is 1. The molecule has 16 heavy (non-hydrogen) atoms. The van der Waals surface area contributed by atoms with Crippen molar-refractivity contribution in [1.29, 1.82) is 0 Å². The molecule has 0 unspecified atom stereocenters. The van der Waals surface area contributed by atoms with Crippen molar-refractivity contribution in [2.45, 2.75) is 51.7 Å². The lowest BCUT2D eigenvalue weighted by atomic mass is 10.1. The van der Waals surface area contributed by atoms with Crippen LogP contribution in [-0.4, -0.2) is 23.6 Å². The summed E-state index contributed by atoms with van der Waals surface area (Å²) < 4.78 is 4.95. The minimum atomic E-state index is -0.733. The first-order valence-electron chi connectivity index (χ1n) is 5.57. The van der Waals surface area contributed by atoms with E-state index in [9.17, 15) is 9.59 Å². The minimum absolute atomic E-state index is 0.457. The molecule has 5 heteroatoms. The maximum absolute atomic E-state index is 11.5. The summed E-state index contributed by atoms with van der Waals surface area (Å²) in [7, 11) is 0. The van der Waals surface area contributed by atoms with Crippen LogP contribution in [-0.2, 0) is 9.53 Å². The number of carbonyl (C=O) groups is 2. The third kappa shape index (κ3) is 5.11. The van der Waals surface area contributed by atoms with Crippen LogP contribution in [0, 0.1) is 5.92 Å². The van der Waals surface area contributed by atoms with Gasteiger partial charge in [-0.2, -0.15) is 0 Å². The Labute approximate surface area is 95.7 Å². The quantitative estimate of drug-likeness (QED) is 0.759. The summed E-state index contributed by atoms with van der Waals surface area (Å²) in [5.74, 6) is 0.0977. The van der Waals surface area contributed by atoms with Gasteiger partial charge >= 0.3 is 6.09 Å². The van der Waals surface area contributed by atoms with Gasteiger partial charge in [0.2, 0.25) is 5.91 Å². The lowest BCUT2D eigenvalue weighted by molar-refractivity contribution is -0.122. The summed E-state index contributed by atoms with van der Waals surface area (Å²) in [4.78, 5) is 22.7. The molecule has 1 aliphatic carbocycles. The molecule has 1 fully saturated rings. The number of amides is 2. The Kier molecular flexibility index (Phi) is 3.91. The van der Waals surface area contributed by atoms with Crippen molar-refractivity contribution >= 4 is 12.0 Å². The molecule has 0 radical (unpaired) electrons. The number of nitrogens with one attached hydrogen (secondary N) is 1. The summed E-state index contributed by atoms with van der Waals surface area (Å²) in [5.41, 5.74) is 5.04. The van der Waals surface area contributed by atoms with E-state index in [1.165, 1.54) is 0 Å². The van der Waals surface area contributed by atoms with Crippen LogP contribution in [0.25, 0.3) is 0 Å². The highest BCUT2D eigenvalue weighted by Gasteiger charge is 2.28. The highest BCUT2D eigenvalue weighted by Crippen LogP contribution is 2.33. The zero-order chi connectivity index (χ0) is 12.3. The fourth-order valence-corrected chi connectivity index (χ4v) is 1.32. The molecule has 92 valence electrons. The maximum atomic E-state index is 11.5. The Balaban J connectivity index is 2.29. The number of carbonyl (C=O) groups excluding carboxylic acids is 2. The van der Waals surface area contributed by atoms with E-state index in [0.29, 0.717) is 12.3 Å². The van der Waals surface area contributed by atoms with Crippen LogP contribution in [0.15, 0.2) is 0 Å². The van der Waals surface area contributed by atoms with Crippen LogP contribution in [0.2, 0.25) is 0 Å². The fraction of sp³-hybridized carbons (Fsp3) is 0.818. The van der Waals surface area contributed by atoms with Crippen molar-refractivity contribution < 1.29 is 14.3 Å². The number of imide groups is 1. The molecular formula is C11H20N2O3. The van der Waals surface area contributed by atoms with E-state index in [0.717, 1.165) is 12.8 Å². The van der Waals surface area contributed by atoms with Gasteiger partial charge in [0.15, 0.2) is 0 Å². The van der Waals surface area contributed by atoms with Crippen LogP contribution in [0.3, 0.4) is 0 Å². The fourth-order valence-electron chi connectivity index (χ4n) is 1.32. The normalized spacial score (nSPS) is 17.8. The third-order valence-corrected chi connectivity index (χ3v) is 2.25. The molecule has 0 aromatic carbocycles. The average molecular weight is 228 g/mol. The molecule has 1 rings (SSSR count). The second kappa shape index (κ2) is 4.82. The van der Waals surface area contributed by atoms with Crippen molar-refractivity contribution in [1.82, 2.24) is 5.32 Å². The van der Waals surface area contributed by atoms with Gasteiger partial charge in [-0.1, -0.05) is 12.8 Å². The summed E-state index contributed by atoms with van der Waals surface area (Å²) in [6, 6.07) is -0.611. The molecule has 0 spiro atoms. The standard InChI is InChI=1S/C11H20N2O3/c1-11(2,3)16-10(15)13-9(14)8(12)6-7-4-5-7/h7-8H,4-6,12H2,1-3H3,(H,13,14,15)/t8-/m0/s1. The number of nitrogens with two attached hydrogens (primary N) is 1. The molecule has 1 aliphatic rings. The summed E-state index contributed by atoms with van der Waals surface area (Å²) in [6.07, 6.45) is 2.18. The number of rotatable bonds is 3. The summed E-state index contributed by atoms with van der Waals surface area (Å²) in [6.45, 7) is 5.21. The molecule has 0 heterocycles. The Morgan fingerprint density at radius 2 is 2.00 bits per heavy atom. The zero-order valence-corrected chi connectivity index (χ0v) is 10.1. The zero-order valence-electron chi connectivity index (χ0n) is 10.1. The van der Waals surface area contributed by atoms with E-state index in [1.807, 2.05) is 0 Å². The molecule has 3 N–H and O–H groups in total. The highest BCUT2D eigenvalue weighted by atomic mass is 16.6. The Morgan fingerprint density at radius 1 is 1.44 bits per heavy atom. The SMILES string of the molecule is CC(C)(C)OC(=O)NC(=O)[C@@H](N)CC1CC1. The molecule has 1 atom stereocenters. The monoisotopic (exact) mass is 228 g/mol. The van der Waals surface area contributed by atoms with Crippen LogP contribution in [0.5, 0.6) is 0 Å². The predicted octanol–water partition coefficient (Wildman–Crippen LogP) is 1.17. The van der Waals surface area contributed by atoms with E-state index in [4.69, 9.17) is 10.5 Å². The van der Waals surface area contributed by atoms with E-state index in [-0.39, 0.29) is 0 Å². The van der Waals surface area contributed by atoms with Gasteiger partial charge in [-0.3, -0.25) is 10.1 Å². The second-order valence-electron chi connectivity index (χ2n) is 5.28. The second-order valence-corrected chi connectivity index (χ2v) is 5.28. The molecule has 0 bridgehead atoms. The van der Waals surface area contributed by atoms with Gasteiger partial charge in [0.05, 0.1) is 6.04 Å². The first-order valence-corrected chi connectivity index (χ1v) is 5.57. The number of hydrogen-bond acceptors (Lipinski definition) is 4. The van der Waals surface area contributed by atoms with Crippen LogP contribution in [0.4, 0.5) is 4.79 Å². The lowest BCUT2D eigenvalue weighted by Crippen LogP contribution is -2.45. The first kappa shape index (κ1) is 13.0. The van der Waals surface area contributed by atoms with Crippen molar-refractivity contribution in [3.63, 3.8) is 0 Å². The number of hydrogen-bond donors (Lipinski definition) is 2. The molecule has 1 saturated carbocycles. The van der Waals surface area contributed by atoms with Gasteiger partial charge in [-0.25, -0.2) is 4.79 Å². The summed E-state index contributed by atoms with van der Waals surface area (Å²) >= 11 is 0. The largest absolute Gasteiger partial charge is 0.444 e. The van der Waals surface area contributed by atoms with Crippen LogP contribution in [0.1, 0.15) is 40.0 Å². The van der Waals surface area contributed by atoms with Gasteiger partial charge in [0, 0.05) is 0 Å². The number of alkyl carbamates (subject to hydrolysis) is 1. The first-order chi connectivity index (χ1) is 7.28. The van der Waals surface area contributed by atoms with Gasteiger partial charge in [0.1, 0.15) is 5.60 Å².